The standard InChI is InChI=1S/C24H34F2N2O.C2H6/c1-24-10-9-18-17-5-4-16(23(25)26)13-15(17)3-6-19(18)20(24)7-8-21(24)22(29)14-28-12-2-11-27-28;1-2/h2,11-12,15-21,23H,3-10,13-14H2,1H3;1-2H3. The van der Waals surface area contributed by atoms with Gasteiger partial charge < -0.3 is 0 Å². The highest BCUT2D eigenvalue weighted by molar-refractivity contribution is 5.82. The van der Waals surface area contributed by atoms with Gasteiger partial charge in [0.25, 0.3) is 0 Å². The number of fused-ring (bicyclic) bond motifs is 5. The Kier molecular flexibility index (Phi) is 6.88. The first-order chi connectivity index (χ1) is 15.0. The molecule has 1 aromatic rings. The molecular weight excluding hydrogens is 394 g/mol. The molecule has 1 heterocycles. The first-order valence-corrected chi connectivity index (χ1v) is 12.8. The lowest BCUT2D eigenvalue weighted by molar-refractivity contribution is -0.131. The third kappa shape index (κ3) is 4.11. The first kappa shape index (κ1) is 22.9. The molecule has 0 aromatic carbocycles. The summed E-state index contributed by atoms with van der Waals surface area (Å²) in [5, 5.41) is 4.23. The highest BCUT2D eigenvalue weighted by atomic mass is 19.3. The number of carbonyl (C=O) groups is 1. The van der Waals surface area contributed by atoms with Crippen molar-refractivity contribution in [3.8, 4) is 0 Å². The predicted molar refractivity (Wildman–Crippen MR) is 119 cm³/mol. The summed E-state index contributed by atoms with van der Waals surface area (Å²) in [5.41, 5.74) is 0.123. The topological polar surface area (TPSA) is 34.9 Å². The Morgan fingerprint density at radius 2 is 1.84 bits per heavy atom. The van der Waals surface area contributed by atoms with Gasteiger partial charge in [0.2, 0.25) is 6.43 Å². The van der Waals surface area contributed by atoms with E-state index in [1.807, 2.05) is 26.1 Å². The van der Waals surface area contributed by atoms with E-state index >= 15 is 0 Å². The molecule has 5 rings (SSSR count). The lowest BCUT2D eigenvalue weighted by Crippen LogP contribution is -2.49. The number of hydrogen-bond donors (Lipinski definition) is 0. The monoisotopic (exact) mass is 434 g/mol. The molecule has 0 spiro atoms. The molecule has 0 saturated heterocycles. The third-order valence-electron chi connectivity index (χ3n) is 9.62. The van der Waals surface area contributed by atoms with Crippen LogP contribution in [0.1, 0.15) is 78.6 Å². The summed E-state index contributed by atoms with van der Waals surface area (Å²) in [6, 6.07) is 1.87. The van der Waals surface area contributed by atoms with Gasteiger partial charge >= 0.3 is 0 Å². The van der Waals surface area contributed by atoms with Crippen LogP contribution in [-0.2, 0) is 11.3 Å². The van der Waals surface area contributed by atoms with Crippen molar-refractivity contribution < 1.29 is 13.6 Å². The number of alkyl halides is 2. The zero-order chi connectivity index (χ0) is 22.2. The summed E-state index contributed by atoms with van der Waals surface area (Å²) in [5.74, 6) is 3.39. The van der Waals surface area contributed by atoms with Crippen molar-refractivity contribution in [3.63, 3.8) is 0 Å². The van der Waals surface area contributed by atoms with Gasteiger partial charge in [0.15, 0.2) is 5.78 Å². The van der Waals surface area contributed by atoms with Crippen LogP contribution >= 0.6 is 0 Å². The van der Waals surface area contributed by atoms with Crippen LogP contribution in [0.2, 0.25) is 0 Å². The van der Waals surface area contributed by atoms with E-state index < -0.39 is 6.43 Å². The summed E-state index contributed by atoms with van der Waals surface area (Å²) >= 11 is 0. The maximum Gasteiger partial charge on any atom is 0.241 e. The van der Waals surface area contributed by atoms with E-state index in [9.17, 15) is 13.6 Å². The molecule has 5 heteroatoms. The van der Waals surface area contributed by atoms with Crippen molar-refractivity contribution >= 4 is 5.78 Å². The summed E-state index contributed by atoms with van der Waals surface area (Å²) in [6.07, 6.45) is 10.8. The normalized spacial score (nSPS) is 41.5. The molecule has 4 aliphatic carbocycles. The van der Waals surface area contributed by atoms with Crippen molar-refractivity contribution in [2.24, 2.45) is 46.8 Å². The van der Waals surface area contributed by atoms with Gasteiger partial charge in [0, 0.05) is 24.2 Å². The van der Waals surface area contributed by atoms with Crippen LogP contribution in [0, 0.1) is 46.8 Å². The van der Waals surface area contributed by atoms with Crippen molar-refractivity contribution in [2.75, 3.05) is 0 Å². The van der Waals surface area contributed by atoms with E-state index in [0.29, 0.717) is 41.9 Å². The number of Topliss-reactive ketones (excluding diaryl/α,β-unsaturated/α-hetero) is 1. The van der Waals surface area contributed by atoms with E-state index in [4.69, 9.17) is 0 Å². The smallest absolute Gasteiger partial charge is 0.241 e. The Hall–Kier alpha value is -1.26. The van der Waals surface area contributed by atoms with Crippen molar-refractivity contribution in [2.45, 2.75) is 91.5 Å². The van der Waals surface area contributed by atoms with Crippen molar-refractivity contribution in [1.29, 1.82) is 0 Å². The van der Waals surface area contributed by atoms with Crippen molar-refractivity contribution in [1.82, 2.24) is 9.78 Å². The molecule has 0 amide bonds. The molecule has 8 atom stereocenters. The average molecular weight is 435 g/mol. The number of ketones is 1. The Bertz CT molecular complexity index is 736. The number of nitrogens with zero attached hydrogens (tertiary/aromatic N) is 2. The Morgan fingerprint density at radius 1 is 1.06 bits per heavy atom. The molecule has 3 nitrogen and oxygen atoms in total. The second-order valence-corrected chi connectivity index (χ2v) is 10.7. The van der Waals surface area contributed by atoms with E-state index in [1.54, 1.807) is 10.9 Å². The van der Waals surface area contributed by atoms with E-state index in [-0.39, 0.29) is 17.3 Å². The number of aromatic nitrogens is 2. The van der Waals surface area contributed by atoms with Gasteiger partial charge in [-0.2, -0.15) is 5.10 Å². The number of rotatable bonds is 4. The quantitative estimate of drug-likeness (QED) is 0.533. The van der Waals surface area contributed by atoms with Crippen LogP contribution < -0.4 is 0 Å². The molecule has 0 N–H and O–H groups in total. The molecule has 31 heavy (non-hydrogen) atoms. The Labute approximate surface area is 186 Å². The summed E-state index contributed by atoms with van der Waals surface area (Å²) in [4.78, 5) is 13.1. The molecule has 0 bridgehead atoms. The number of carbonyl (C=O) groups excluding carboxylic acids is 1. The fourth-order valence-corrected chi connectivity index (χ4v) is 8.31. The molecule has 0 aliphatic heterocycles. The molecule has 4 aliphatic rings. The van der Waals surface area contributed by atoms with E-state index in [1.165, 1.54) is 19.3 Å². The van der Waals surface area contributed by atoms with Crippen molar-refractivity contribution in [3.05, 3.63) is 18.5 Å². The predicted octanol–water partition coefficient (Wildman–Crippen LogP) is 6.63. The van der Waals surface area contributed by atoms with Crippen LogP contribution in [0.3, 0.4) is 0 Å². The summed E-state index contributed by atoms with van der Waals surface area (Å²) in [7, 11) is 0. The maximum absolute atomic E-state index is 13.3. The molecule has 174 valence electrons. The second kappa shape index (κ2) is 9.31. The van der Waals surface area contributed by atoms with E-state index in [0.717, 1.165) is 38.5 Å². The van der Waals surface area contributed by atoms with Gasteiger partial charge in [0.1, 0.15) is 0 Å². The lowest BCUT2D eigenvalue weighted by Gasteiger charge is -2.56. The molecule has 4 saturated carbocycles. The molecule has 0 radical (unpaired) electrons. The van der Waals surface area contributed by atoms with Gasteiger partial charge in [0.05, 0.1) is 6.54 Å². The minimum absolute atomic E-state index is 0.123. The van der Waals surface area contributed by atoms with Gasteiger partial charge in [-0.25, -0.2) is 8.78 Å². The fraction of sp³-hybridized carbons (Fsp3) is 0.846. The minimum Gasteiger partial charge on any atom is -0.297 e. The molecule has 8 unspecified atom stereocenters. The van der Waals surface area contributed by atoms with Gasteiger partial charge in [-0.05, 0) is 98.9 Å². The highest BCUT2D eigenvalue weighted by Gasteiger charge is 2.58. The van der Waals surface area contributed by atoms with Crippen LogP contribution in [0.25, 0.3) is 0 Å². The molecule has 1 aromatic heterocycles. The SMILES string of the molecule is CC.CC12CCC3C4CCC(C(F)F)CC4CCC3C1CCC2C(=O)Cn1cccn1. The zero-order valence-electron chi connectivity index (χ0n) is 19.5. The Morgan fingerprint density at radius 3 is 2.55 bits per heavy atom. The number of hydrogen-bond acceptors (Lipinski definition) is 2. The van der Waals surface area contributed by atoms with Gasteiger partial charge in [-0.1, -0.05) is 20.8 Å². The highest BCUT2D eigenvalue weighted by Crippen LogP contribution is 2.64. The lowest BCUT2D eigenvalue weighted by atomic mass is 9.49. The molecule has 4 fully saturated rings. The second-order valence-electron chi connectivity index (χ2n) is 10.7. The molecular formula is C26H40F2N2O. The van der Waals surface area contributed by atoms with Gasteiger partial charge in [-0.15, -0.1) is 0 Å². The summed E-state index contributed by atoms with van der Waals surface area (Å²) < 4.78 is 28.3. The third-order valence-corrected chi connectivity index (χ3v) is 9.62. The first-order valence-electron chi connectivity index (χ1n) is 12.8. The van der Waals surface area contributed by atoms with Crippen LogP contribution in [-0.4, -0.2) is 22.0 Å². The minimum atomic E-state index is -2.14. The van der Waals surface area contributed by atoms with Crippen LogP contribution in [0.15, 0.2) is 18.5 Å². The summed E-state index contributed by atoms with van der Waals surface area (Å²) in [6.45, 7) is 6.78. The Balaban J connectivity index is 0.00000112. The maximum atomic E-state index is 13.3. The van der Waals surface area contributed by atoms with E-state index in [2.05, 4.69) is 12.0 Å². The van der Waals surface area contributed by atoms with Crippen LogP contribution in [0.5, 0.6) is 0 Å². The van der Waals surface area contributed by atoms with Gasteiger partial charge in [-0.3, -0.25) is 9.48 Å². The largest absolute Gasteiger partial charge is 0.297 e. The fourth-order valence-electron chi connectivity index (χ4n) is 8.31. The van der Waals surface area contributed by atoms with Crippen LogP contribution in [0.4, 0.5) is 8.78 Å². The average Bonchev–Trinajstić information content (AvgIpc) is 3.41. The number of halogens is 2. The zero-order valence-corrected chi connectivity index (χ0v) is 19.5.